The Morgan fingerprint density at radius 2 is 2.00 bits per heavy atom. The first kappa shape index (κ1) is 16.1. The van der Waals surface area contributed by atoms with E-state index in [1.807, 2.05) is 42.6 Å². The van der Waals surface area contributed by atoms with Crippen molar-refractivity contribution >= 4 is 16.8 Å². The number of carbonyl (C=O) groups is 1. The van der Waals surface area contributed by atoms with Crippen LogP contribution < -0.4 is 11.1 Å². The zero-order valence-corrected chi connectivity index (χ0v) is 13.3. The van der Waals surface area contributed by atoms with Crippen LogP contribution in [0.3, 0.4) is 0 Å². The number of rotatable bonds is 6. The number of nitrogens with two attached hydrogens (primary N) is 1. The molecule has 24 heavy (non-hydrogen) atoms. The fourth-order valence-corrected chi connectivity index (χ4v) is 2.79. The largest absolute Gasteiger partial charge is 0.508 e. The molecule has 0 spiro atoms. The zero-order chi connectivity index (χ0) is 16.9. The fraction of sp³-hybridized carbons (Fsp3) is 0.211. The van der Waals surface area contributed by atoms with Gasteiger partial charge in [-0.05, 0) is 42.2 Å². The Kier molecular flexibility index (Phi) is 4.82. The predicted octanol–water partition coefficient (Wildman–Crippen LogP) is 2.10. The summed E-state index contributed by atoms with van der Waals surface area (Å²) in [5, 5.41) is 13.4. The van der Waals surface area contributed by atoms with E-state index in [0.717, 1.165) is 22.0 Å². The molecule has 5 heteroatoms. The molecule has 1 aromatic heterocycles. The SMILES string of the molecule is NC(Cc1ccccc1)C(=O)NCCc1c[nH]c2ccc(O)cc12. The number of aromatic nitrogens is 1. The number of amides is 1. The van der Waals surface area contributed by atoms with Gasteiger partial charge in [-0.1, -0.05) is 30.3 Å². The Bertz CT molecular complexity index is 827. The van der Waals surface area contributed by atoms with Crippen LogP contribution in [0.15, 0.2) is 54.7 Å². The standard InChI is InChI=1S/C19H21N3O2/c20-17(10-13-4-2-1-3-5-13)19(24)21-9-8-14-12-22-18-7-6-15(23)11-16(14)18/h1-7,11-12,17,22-23H,8-10,20H2,(H,21,24). The maximum absolute atomic E-state index is 12.1. The molecule has 0 aliphatic carbocycles. The molecule has 0 saturated carbocycles. The molecule has 0 aliphatic rings. The van der Waals surface area contributed by atoms with Crippen LogP contribution in [0.5, 0.6) is 5.75 Å². The Morgan fingerprint density at radius 1 is 1.21 bits per heavy atom. The highest BCUT2D eigenvalue weighted by molar-refractivity contribution is 5.85. The van der Waals surface area contributed by atoms with Crippen molar-refractivity contribution in [2.24, 2.45) is 5.73 Å². The second-order valence-corrected chi connectivity index (χ2v) is 5.88. The molecule has 1 heterocycles. The summed E-state index contributed by atoms with van der Waals surface area (Å²) in [7, 11) is 0. The molecule has 0 bridgehead atoms. The third kappa shape index (κ3) is 3.75. The minimum Gasteiger partial charge on any atom is -0.508 e. The average Bonchev–Trinajstić information content (AvgIpc) is 2.98. The van der Waals surface area contributed by atoms with E-state index in [4.69, 9.17) is 5.73 Å². The molecule has 1 atom stereocenters. The third-order valence-electron chi connectivity index (χ3n) is 4.08. The van der Waals surface area contributed by atoms with Gasteiger partial charge in [0.2, 0.25) is 5.91 Å². The number of hydrogen-bond donors (Lipinski definition) is 4. The van der Waals surface area contributed by atoms with Crippen LogP contribution in [0.2, 0.25) is 0 Å². The van der Waals surface area contributed by atoms with Crippen molar-refractivity contribution in [2.45, 2.75) is 18.9 Å². The van der Waals surface area contributed by atoms with E-state index >= 15 is 0 Å². The van der Waals surface area contributed by atoms with Gasteiger partial charge >= 0.3 is 0 Å². The van der Waals surface area contributed by atoms with Gasteiger partial charge in [-0.3, -0.25) is 4.79 Å². The predicted molar refractivity (Wildman–Crippen MR) is 94.8 cm³/mol. The van der Waals surface area contributed by atoms with E-state index in [1.165, 1.54) is 0 Å². The lowest BCUT2D eigenvalue weighted by Gasteiger charge is -2.12. The maximum Gasteiger partial charge on any atom is 0.237 e. The van der Waals surface area contributed by atoms with Crippen molar-refractivity contribution in [3.05, 3.63) is 65.9 Å². The summed E-state index contributed by atoms with van der Waals surface area (Å²) in [6, 6.07) is 14.4. The molecule has 0 fully saturated rings. The summed E-state index contributed by atoms with van der Waals surface area (Å²) in [4.78, 5) is 15.3. The fourth-order valence-electron chi connectivity index (χ4n) is 2.79. The molecule has 2 aromatic carbocycles. The van der Waals surface area contributed by atoms with E-state index in [0.29, 0.717) is 19.4 Å². The molecule has 0 radical (unpaired) electrons. The topological polar surface area (TPSA) is 91.1 Å². The molecule has 0 aliphatic heterocycles. The minimum atomic E-state index is -0.556. The summed E-state index contributed by atoms with van der Waals surface area (Å²) in [6.45, 7) is 0.504. The van der Waals surface area contributed by atoms with Gasteiger partial charge in [0.1, 0.15) is 5.75 Å². The first-order valence-electron chi connectivity index (χ1n) is 7.99. The van der Waals surface area contributed by atoms with Crippen molar-refractivity contribution in [1.29, 1.82) is 0 Å². The van der Waals surface area contributed by atoms with E-state index < -0.39 is 6.04 Å². The highest BCUT2D eigenvalue weighted by Crippen LogP contribution is 2.23. The van der Waals surface area contributed by atoms with Gasteiger partial charge in [0.05, 0.1) is 6.04 Å². The maximum atomic E-state index is 12.1. The summed E-state index contributed by atoms with van der Waals surface area (Å²) in [6.07, 6.45) is 3.10. The van der Waals surface area contributed by atoms with Gasteiger partial charge in [-0.15, -0.1) is 0 Å². The molecule has 5 N–H and O–H groups in total. The van der Waals surface area contributed by atoms with Gasteiger partial charge in [0.15, 0.2) is 0 Å². The lowest BCUT2D eigenvalue weighted by molar-refractivity contribution is -0.122. The number of aromatic hydroxyl groups is 1. The van der Waals surface area contributed by atoms with Crippen molar-refractivity contribution in [1.82, 2.24) is 10.3 Å². The second-order valence-electron chi connectivity index (χ2n) is 5.88. The first-order valence-corrected chi connectivity index (χ1v) is 7.99. The lowest BCUT2D eigenvalue weighted by Crippen LogP contribution is -2.42. The van der Waals surface area contributed by atoms with Crippen LogP contribution in [0.1, 0.15) is 11.1 Å². The molecular weight excluding hydrogens is 302 g/mol. The molecule has 5 nitrogen and oxygen atoms in total. The Morgan fingerprint density at radius 3 is 2.79 bits per heavy atom. The van der Waals surface area contributed by atoms with Crippen molar-refractivity contribution in [3.63, 3.8) is 0 Å². The number of fused-ring (bicyclic) bond motifs is 1. The van der Waals surface area contributed by atoms with Crippen LogP contribution >= 0.6 is 0 Å². The van der Waals surface area contributed by atoms with Crippen LogP contribution in [0.4, 0.5) is 0 Å². The Labute approximate surface area is 140 Å². The number of H-pyrrole nitrogens is 1. The summed E-state index contributed by atoms with van der Waals surface area (Å²) in [5.74, 6) is 0.0822. The number of benzene rings is 2. The molecule has 124 valence electrons. The highest BCUT2D eigenvalue weighted by atomic mass is 16.3. The van der Waals surface area contributed by atoms with Crippen molar-refractivity contribution < 1.29 is 9.90 Å². The van der Waals surface area contributed by atoms with E-state index in [1.54, 1.807) is 12.1 Å². The van der Waals surface area contributed by atoms with Crippen LogP contribution in [-0.2, 0) is 17.6 Å². The van der Waals surface area contributed by atoms with Gasteiger partial charge in [0.25, 0.3) is 0 Å². The van der Waals surface area contributed by atoms with Gasteiger partial charge < -0.3 is 21.1 Å². The molecule has 1 unspecified atom stereocenters. The zero-order valence-electron chi connectivity index (χ0n) is 13.3. The van der Waals surface area contributed by atoms with Gasteiger partial charge in [-0.25, -0.2) is 0 Å². The third-order valence-corrected chi connectivity index (χ3v) is 4.08. The van der Waals surface area contributed by atoms with Crippen LogP contribution in [0.25, 0.3) is 10.9 Å². The summed E-state index contributed by atoms with van der Waals surface area (Å²) < 4.78 is 0. The molecule has 1 amide bonds. The average molecular weight is 323 g/mol. The van der Waals surface area contributed by atoms with E-state index in [9.17, 15) is 9.90 Å². The number of carbonyl (C=O) groups excluding carboxylic acids is 1. The molecule has 3 aromatic rings. The van der Waals surface area contributed by atoms with Crippen molar-refractivity contribution in [2.75, 3.05) is 6.54 Å². The van der Waals surface area contributed by atoms with E-state index in [-0.39, 0.29) is 11.7 Å². The lowest BCUT2D eigenvalue weighted by atomic mass is 10.1. The molecule has 0 saturated heterocycles. The highest BCUT2D eigenvalue weighted by Gasteiger charge is 2.13. The Balaban J connectivity index is 1.53. The first-order chi connectivity index (χ1) is 11.6. The van der Waals surface area contributed by atoms with Crippen LogP contribution in [0, 0.1) is 0 Å². The monoisotopic (exact) mass is 323 g/mol. The molecular formula is C19H21N3O2. The van der Waals surface area contributed by atoms with Gasteiger partial charge in [0, 0.05) is 23.6 Å². The number of aromatic amines is 1. The smallest absolute Gasteiger partial charge is 0.237 e. The normalized spacial score (nSPS) is 12.2. The number of hydrogen-bond acceptors (Lipinski definition) is 3. The molecule has 3 rings (SSSR count). The number of nitrogens with one attached hydrogen (secondary N) is 2. The van der Waals surface area contributed by atoms with Crippen LogP contribution in [-0.4, -0.2) is 28.6 Å². The number of phenolic OH excluding ortho intramolecular Hbond substituents is 1. The Hall–Kier alpha value is -2.79. The minimum absolute atomic E-state index is 0.151. The summed E-state index contributed by atoms with van der Waals surface area (Å²) in [5.41, 5.74) is 9.04. The summed E-state index contributed by atoms with van der Waals surface area (Å²) >= 11 is 0. The van der Waals surface area contributed by atoms with Gasteiger partial charge in [-0.2, -0.15) is 0 Å². The van der Waals surface area contributed by atoms with Crippen molar-refractivity contribution in [3.8, 4) is 5.75 Å². The van der Waals surface area contributed by atoms with E-state index in [2.05, 4.69) is 10.3 Å². The quantitative estimate of drug-likeness (QED) is 0.560. The number of phenols is 1. The second kappa shape index (κ2) is 7.19.